The third kappa shape index (κ3) is 2.08. The second-order valence-electron chi connectivity index (χ2n) is 5.45. The minimum Gasteiger partial charge on any atom is -0.497 e. The van der Waals surface area contributed by atoms with E-state index in [1.54, 1.807) is 7.11 Å². The van der Waals surface area contributed by atoms with E-state index in [4.69, 9.17) is 15.5 Å². The predicted octanol–water partition coefficient (Wildman–Crippen LogP) is 3.01. The molecule has 1 fully saturated rings. The predicted molar refractivity (Wildman–Crippen MR) is 77.5 cm³/mol. The Balaban J connectivity index is 2.09. The molecule has 3 nitrogen and oxygen atoms in total. The van der Waals surface area contributed by atoms with E-state index in [-0.39, 0.29) is 5.41 Å². The molecular formula is C16H20N2O. The van der Waals surface area contributed by atoms with Crippen molar-refractivity contribution < 1.29 is 4.74 Å². The highest BCUT2D eigenvalue weighted by Gasteiger charge is 2.35. The molecule has 0 atom stereocenters. The molecule has 3 rings (SSSR count). The van der Waals surface area contributed by atoms with Crippen molar-refractivity contribution in [3.05, 3.63) is 36.0 Å². The first-order chi connectivity index (χ1) is 9.27. The Bertz CT molecular complexity index is 588. The van der Waals surface area contributed by atoms with Crippen molar-refractivity contribution in [2.45, 2.75) is 31.1 Å². The van der Waals surface area contributed by atoms with E-state index in [1.165, 1.54) is 12.8 Å². The summed E-state index contributed by atoms with van der Waals surface area (Å²) in [4.78, 5) is 4.85. The smallest absolute Gasteiger partial charge is 0.121 e. The monoisotopic (exact) mass is 256 g/mol. The van der Waals surface area contributed by atoms with Gasteiger partial charge in [-0.1, -0.05) is 18.9 Å². The summed E-state index contributed by atoms with van der Waals surface area (Å²) >= 11 is 0. The van der Waals surface area contributed by atoms with Crippen LogP contribution in [0.5, 0.6) is 5.75 Å². The summed E-state index contributed by atoms with van der Waals surface area (Å²) < 4.78 is 5.27. The van der Waals surface area contributed by atoms with E-state index in [9.17, 15) is 0 Å². The number of hydrogen-bond acceptors (Lipinski definition) is 3. The molecular weight excluding hydrogens is 236 g/mol. The van der Waals surface area contributed by atoms with Crippen molar-refractivity contribution in [1.82, 2.24) is 4.98 Å². The molecule has 19 heavy (non-hydrogen) atoms. The van der Waals surface area contributed by atoms with Crippen LogP contribution in [0.2, 0.25) is 0 Å². The van der Waals surface area contributed by atoms with Crippen LogP contribution in [0.4, 0.5) is 0 Å². The highest BCUT2D eigenvalue weighted by atomic mass is 16.5. The number of rotatable bonds is 3. The quantitative estimate of drug-likeness (QED) is 0.918. The van der Waals surface area contributed by atoms with Gasteiger partial charge in [-0.3, -0.25) is 4.98 Å². The van der Waals surface area contributed by atoms with E-state index in [1.807, 2.05) is 12.1 Å². The van der Waals surface area contributed by atoms with E-state index >= 15 is 0 Å². The van der Waals surface area contributed by atoms with Crippen LogP contribution in [0.25, 0.3) is 10.9 Å². The standard InChI is InChI=1S/C16H20N2O/c1-19-13-6-4-12-5-7-15(18-14(12)10-13)16(11-17)8-2-3-9-16/h4-7,10H,2-3,8-9,11,17H2,1H3. The topological polar surface area (TPSA) is 48.1 Å². The molecule has 1 aromatic heterocycles. The zero-order chi connectivity index (χ0) is 13.3. The molecule has 2 N–H and O–H groups in total. The Kier molecular flexibility index (Phi) is 3.15. The number of ether oxygens (including phenoxy) is 1. The molecule has 3 heteroatoms. The zero-order valence-corrected chi connectivity index (χ0v) is 11.4. The van der Waals surface area contributed by atoms with Gasteiger partial charge in [-0.2, -0.15) is 0 Å². The van der Waals surface area contributed by atoms with Crippen molar-refractivity contribution in [2.75, 3.05) is 13.7 Å². The van der Waals surface area contributed by atoms with Gasteiger partial charge in [-0.05, 0) is 31.0 Å². The van der Waals surface area contributed by atoms with Crippen molar-refractivity contribution in [3.8, 4) is 5.75 Å². The third-order valence-electron chi connectivity index (χ3n) is 4.39. The van der Waals surface area contributed by atoms with Crippen LogP contribution in [0.1, 0.15) is 31.4 Å². The van der Waals surface area contributed by atoms with Crippen LogP contribution in [0, 0.1) is 0 Å². The third-order valence-corrected chi connectivity index (χ3v) is 4.39. The Labute approximate surface area is 113 Å². The van der Waals surface area contributed by atoms with Gasteiger partial charge < -0.3 is 10.5 Å². The molecule has 0 spiro atoms. The highest BCUT2D eigenvalue weighted by molar-refractivity contribution is 5.80. The Morgan fingerprint density at radius 1 is 1.21 bits per heavy atom. The number of hydrogen-bond donors (Lipinski definition) is 1. The summed E-state index contributed by atoms with van der Waals surface area (Å²) in [6.45, 7) is 0.690. The Morgan fingerprint density at radius 2 is 1.95 bits per heavy atom. The molecule has 1 heterocycles. The summed E-state index contributed by atoms with van der Waals surface area (Å²) in [5.74, 6) is 0.852. The fourth-order valence-corrected chi connectivity index (χ4v) is 3.14. The number of pyridine rings is 1. The Morgan fingerprint density at radius 3 is 2.63 bits per heavy atom. The maximum Gasteiger partial charge on any atom is 0.121 e. The number of nitrogens with zero attached hydrogens (tertiary/aromatic N) is 1. The lowest BCUT2D eigenvalue weighted by atomic mass is 9.82. The highest BCUT2D eigenvalue weighted by Crippen LogP contribution is 2.39. The van der Waals surface area contributed by atoms with Gasteiger partial charge in [0.25, 0.3) is 0 Å². The van der Waals surface area contributed by atoms with Crippen LogP contribution in [-0.4, -0.2) is 18.6 Å². The van der Waals surface area contributed by atoms with E-state index in [2.05, 4.69) is 18.2 Å². The van der Waals surface area contributed by atoms with Crippen LogP contribution < -0.4 is 10.5 Å². The van der Waals surface area contributed by atoms with Gasteiger partial charge in [0.2, 0.25) is 0 Å². The van der Waals surface area contributed by atoms with Gasteiger partial charge in [0.1, 0.15) is 5.75 Å². The Hall–Kier alpha value is -1.61. The molecule has 0 amide bonds. The molecule has 1 aromatic carbocycles. The first-order valence-electron chi connectivity index (χ1n) is 6.93. The minimum atomic E-state index is 0.0945. The number of nitrogens with two attached hydrogens (primary N) is 1. The van der Waals surface area contributed by atoms with Gasteiger partial charge in [0.15, 0.2) is 0 Å². The first-order valence-corrected chi connectivity index (χ1v) is 6.93. The molecule has 0 bridgehead atoms. The van der Waals surface area contributed by atoms with Gasteiger partial charge in [-0.15, -0.1) is 0 Å². The lowest BCUT2D eigenvalue weighted by molar-refractivity contribution is 0.415. The normalized spacial score (nSPS) is 17.8. The largest absolute Gasteiger partial charge is 0.497 e. The van der Waals surface area contributed by atoms with E-state index < -0.39 is 0 Å². The van der Waals surface area contributed by atoms with Crippen LogP contribution in [0.15, 0.2) is 30.3 Å². The van der Waals surface area contributed by atoms with Crippen LogP contribution in [0.3, 0.4) is 0 Å². The molecule has 0 aliphatic heterocycles. The number of aromatic nitrogens is 1. The minimum absolute atomic E-state index is 0.0945. The average Bonchev–Trinajstić information content (AvgIpc) is 2.96. The molecule has 1 aliphatic rings. The molecule has 100 valence electrons. The van der Waals surface area contributed by atoms with Crippen molar-refractivity contribution in [3.63, 3.8) is 0 Å². The lowest BCUT2D eigenvalue weighted by Crippen LogP contribution is -2.32. The lowest BCUT2D eigenvalue weighted by Gasteiger charge is -2.26. The van der Waals surface area contributed by atoms with Crippen molar-refractivity contribution >= 4 is 10.9 Å². The molecule has 0 unspecified atom stereocenters. The van der Waals surface area contributed by atoms with E-state index in [0.29, 0.717) is 6.54 Å². The molecule has 0 radical (unpaired) electrons. The number of fused-ring (bicyclic) bond motifs is 1. The maximum atomic E-state index is 6.04. The van der Waals surface area contributed by atoms with Crippen molar-refractivity contribution in [2.24, 2.45) is 5.73 Å². The van der Waals surface area contributed by atoms with Gasteiger partial charge in [0.05, 0.1) is 12.6 Å². The molecule has 1 aliphatic carbocycles. The van der Waals surface area contributed by atoms with E-state index in [0.717, 1.165) is 35.2 Å². The summed E-state index contributed by atoms with van der Waals surface area (Å²) in [5, 5.41) is 1.15. The summed E-state index contributed by atoms with van der Waals surface area (Å²) in [7, 11) is 1.68. The fourth-order valence-electron chi connectivity index (χ4n) is 3.14. The van der Waals surface area contributed by atoms with Gasteiger partial charge in [0, 0.05) is 29.1 Å². The summed E-state index contributed by atoms with van der Waals surface area (Å²) in [6.07, 6.45) is 4.84. The second-order valence-corrected chi connectivity index (χ2v) is 5.45. The molecule has 1 saturated carbocycles. The van der Waals surface area contributed by atoms with Crippen molar-refractivity contribution in [1.29, 1.82) is 0 Å². The SMILES string of the molecule is COc1ccc2ccc(C3(CN)CCCC3)nc2c1. The van der Waals surface area contributed by atoms with Crippen LogP contribution in [-0.2, 0) is 5.41 Å². The van der Waals surface area contributed by atoms with Gasteiger partial charge in [-0.25, -0.2) is 0 Å². The fraction of sp³-hybridized carbons (Fsp3) is 0.438. The number of benzene rings is 1. The summed E-state index contributed by atoms with van der Waals surface area (Å²) in [5.41, 5.74) is 8.27. The maximum absolute atomic E-state index is 6.04. The number of methoxy groups -OCH3 is 1. The summed E-state index contributed by atoms with van der Waals surface area (Å²) in [6, 6.07) is 10.3. The zero-order valence-electron chi connectivity index (χ0n) is 11.4. The van der Waals surface area contributed by atoms with Crippen LogP contribution >= 0.6 is 0 Å². The second kappa shape index (κ2) is 4.82. The molecule has 0 saturated heterocycles. The van der Waals surface area contributed by atoms with Gasteiger partial charge >= 0.3 is 0 Å². The average molecular weight is 256 g/mol. The first kappa shape index (κ1) is 12.4. The molecule has 2 aromatic rings.